The van der Waals surface area contributed by atoms with Crippen LogP contribution in [0.1, 0.15) is 16.7 Å². The third kappa shape index (κ3) is 4.67. The Bertz CT molecular complexity index is 756. The summed E-state index contributed by atoms with van der Waals surface area (Å²) in [5, 5.41) is 2.75. The van der Waals surface area contributed by atoms with Crippen molar-refractivity contribution in [2.75, 3.05) is 25.1 Å². The highest BCUT2D eigenvalue weighted by Crippen LogP contribution is 2.18. The molecule has 0 bridgehead atoms. The lowest BCUT2D eigenvalue weighted by atomic mass is 10.00. The van der Waals surface area contributed by atoms with Gasteiger partial charge in [0.05, 0.1) is 0 Å². The molecule has 25 heavy (non-hydrogen) atoms. The maximum atomic E-state index is 12.3. The zero-order chi connectivity index (χ0) is 17.6. The highest BCUT2D eigenvalue weighted by molar-refractivity contribution is 5.91. The Morgan fingerprint density at radius 3 is 2.52 bits per heavy atom. The molecule has 1 N–H and O–H groups in total. The Labute approximate surface area is 147 Å². The zero-order valence-electron chi connectivity index (χ0n) is 14.3. The Morgan fingerprint density at radius 2 is 1.76 bits per heavy atom. The van der Waals surface area contributed by atoms with E-state index in [1.165, 1.54) is 11.1 Å². The van der Waals surface area contributed by atoms with Crippen molar-refractivity contribution >= 4 is 17.5 Å². The molecule has 0 aliphatic carbocycles. The molecule has 0 fully saturated rings. The third-order valence-electron chi connectivity index (χ3n) is 4.28. The SMILES string of the molecule is Cc1ccc(NC(=O)COCC(=O)N2CCc3ccccc3C2)cc1. The number of anilines is 1. The molecule has 0 spiro atoms. The van der Waals surface area contributed by atoms with Crippen LogP contribution in [-0.2, 0) is 27.3 Å². The topological polar surface area (TPSA) is 58.6 Å². The van der Waals surface area contributed by atoms with Crippen LogP contribution in [0.3, 0.4) is 0 Å². The predicted molar refractivity (Wildman–Crippen MR) is 96.2 cm³/mol. The molecule has 5 nitrogen and oxygen atoms in total. The molecule has 2 aromatic carbocycles. The lowest BCUT2D eigenvalue weighted by molar-refractivity contribution is -0.138. The van der Waals surface area contributed by atoms with E-state index in [2.05, 4.69) is 11.4 Å². The lowest BCUT2D eigenvalue weighted by Gasteiger charge is -2.28. The molecule has 2 aromatic rings. The minimum Gasteiger partial charge on any atom is -0.362 e. The van der Waals surface area contributed by atoms with Gasteiger partial charge in [0.25, 0.3) is 0 Å². The smallest absolute Gasteiger partial charge is 0.250 e. The van der Waals surface area contributed by atoms with Crippen LogP contribution >= 0.6 is 0 Å². The number of fused-ring (bicyclic) bond motifs is 1. The molecule has 0 unspecified atom stereocenters. The van der Waals surface area contributed by atoms with E-state index in [4.69, 9.17) is 4.74 Å². The van der Waals surface area contributed by atoms with E-state index in [1.807, 2.05) is 49.4 Å². The molecule has 0 saturated heterocycles. The van der Waals surface area contributed by atoms with Gasteiger partial charge in [-0.1, -0.05) is 42.0 Å². The maximum absolute atomic E-state index is 12.3. The van der Waals surface area contributed by atoms with Crippen molar-refractivity contribution in [3.05, 3.63) is 65.2 Å². The third-order valence-corrected chi connectivity index (χ3v) is 4.28. The van der Waals surface area contributed by atoms with Crippen LogP contribution in [0.5, 0.6) is 0 Å². The van der Waals surface area contributed by atoms with Crippen molar-refractivity contribution in [2.45, 2.75) is 19.9 Å². The van der Waals surface area contributed by atoms with Gasteiger partial charge in [-0.3, -0.25) is 9.59 Å². The lowest BCUT2D eigenvalue weighted by Crippen LogP contribution is -2.38. The zero-order valence-corrected chi connectivity index (χ0v) is 14.3. The quantitative estimate of drug-likeness (QED) is 0.911. The number of hydrogen-bond donors (Lipinski definition) is 1. The number of carbonyl (C=O) groups excluding carboxylic acids is 2. The van der Waals surface area contributed by atoms with Crippen molar-refractivity contribution in [1.82, 2.24) is 4.90 Å². The van der Waals surface area contributed by atoms with Gasteiger partial charge >= 0.3 is 0 Å². The van der Waals surface area contributed by atoms with E-state index in [0.29, 0.717) is 13.1 Å². The van der Waals surface area contributed by atoms with Gasteiger partial charge in [-0.25, -0.2) is 0 Å². The second-order valence-electron chi connectivity index (χ2n) is 6.24. The van der Waals surface area contributed by atoms with Crippen molar-refractivity contribution in [3.8, 4) is 0 Å². The fourth-order valence-electron chi connectivity index (χ4n) is 2.86. The van der Waals surface area contributed by atoms with E-state index < -0.39 is 0 Å². The fourth-order valence-corrected chi connectivity index (χ4v) is 2.86. The number of amides is 2. The van der Waals surface area contributed by atoms with Crippen molar-refractivity contribution < 1.29 is 14.3 Å². The van der Waals surface area contributed by atoms with Gasteiger partial charge in [0.15, 0.2) is 0 Å². The summed E-state index contributed by atoms with van der Waals surface area (Å²) in [6.07, 6.45) is 0.857. The maximum Gasteiger partial charge on any atom is 0.250 e. The van der Waals surface area contributed by atoms with Gasteiger partial charge in [-0.05, 0) is 36.6 Å². The highest BCUT2D eigenvalue weighted by atomic mass is 16.5. The van der Waals surface area contributed by atoms with Crippen LogP contribution in [0.15, 0.2) is 48.5 Å². The molecule has 0 atom stereocenters. The van der Waals surface area contributed by atoms with Crippen LogP contribution in [0.4, 0.5) is 5.69 Å². The summed E-state index contributed by atoms with van der Waals surface area (Å²) in [7, 11) is 0. The summed E-state index contributed by atoms with van der Waals surface area (Å²) in [6, 6.07) is 15.7. The fraction of sp³-hybridized carbons (Fsp3) is 0.300. The molecular formula is C20H22N2O3. The number of ether oxygens (including phenoxy) is 1. The van der Waals surface area contributed by atoms with E-state index in [9.17, 15) is 9.59 Å². The first kappa shape index (κ1) is 17.2. The Balaban J connectivity index is 1.42. The molecule has 1 aliphatic heterocycles. The molecule has 0 saturated carbocycles. The average molecular weight is 338 g/mol. The van der Waals surface area contributed by atoms with E-state index in [-0.39, 0.29) is 25.0 Å². The van der Waals surface area contributed by atoms with Crippen LogP contribution < -0.4 is 5.32 Å². The van der Waals surface area contributed by atoms with E-state index in [0.717, 1.165) is 17.7 Å². The summed E-state index contributed by atoms with van der Waals surface area (Å²) in [4.78, 5) is 25.9. The summed E-state index contributed by atoms with van der Waals surface area (Å²) in [5.41, 5.74) is 4.32. The van der Waals surface area contributed by atoms with Crippen LogP contribution in [0.25, 0.3) is 0 Å². The number of nitrogens with one attached hydrogen (secondary N) is 1. The second-order valence-corrected chi connectivity index (χ2v) is 6.24. The molecule has 1 aliphatic rings. The van der Waals surface area contributed by atoms with E-state index >= 15 is 0 Å². The summed E-state index contributed by atoms with van der Waals surface area (Å²) >= 11 is 0. The number of carbonyl (C=O) groups is 2. The van der Waals surface area contributed by atoms with Gasteiger partial charge in [-0.15, -0.1) is 0 Å². The van der Waals surface area contributed by atoms with Crippen molar-refractivity contribution in [1.29, 1.82) is 0 Å². The van der Waals surface area contributed by atoms with Crippen LogP contribution in [0, 0.1) is 6.92 Å². The molecule has 2 amide bonds. The first-order valence-electron chi connectivity index (χ1n) is 8.40. The van der Waals surface area contributed by atoms with Gasteiger partial charge in [-0.2, -0.15) is 0 Å². The summed E-state index contributed by atoms with van der Waals surface area (Å²) in [5.74, 6) is -0.349. The van der Waals surface area contributed by atoms with Crippen LogP contribution in [-0.4, -0.2) is 36.5 Å². The van der Waals surface area contributed by atoms with Gasteiger partial charge in [0, 0.05) is 18.8 Å². The molecule has 0 aromatic heterocycles. The molecular weight excluding hydrogens is 316 g/mol. The minimum absolute atomic E-state index is 0.0799. The number of hydrogen-bond acceptors (Lipinski definition) is 3. The monoisotopic (exact) mass is 338 g/mol. The first-order chi connectivity index (χ1) is 12.1. The number of nitrogens with zero attached hydrogens (tertiary/aromatic N) is 1. The number of aryl methyl sites for hydroxylation is 1. The first-order valence-corrected chi connectivity index (χ1v) is 8.40. The summed E-state index contributed by atoms with van der Waals surface area (Å²) < 4.78 is 5.29. The van der Waals surface area contributed by atoms with Gasteiger partial charge < -0.3 is 15.0 Å². The molecule has 5 heteroatoms. The van der Waals surface area contributed by atoms with Crippen molar-refractivity contribution in [2.24, 2.45) is 0 Å². The Kier molecular flexibility index (Phi) is 5.46. The average Bonchev–Trinajstić information content (AvgIpc) is 2.63. The Hall–Kier alpha value is -2.66. The minimum atomic E-state index is -0.263. The number of benzene rings is 2. The highest BCUT2D eigenvalue weighted by Gasteiger charge is 2.20. The van der Waals surface area contributed by atoms with Gasteiger partial charge in [0.1, 0.15) is 13.2 Å². The second kappa shape index (κ2) is 7.94. The van der Waals surface area contributed by atoms with Crippen LogP contribution in [0.2, 0.25) is 0 Å². The number of rotatable bonds is 5. The van der Waals surface area contributed by atoms with Crippen molar-refractivity contribution in [3.63, 3.8) is 0 Å². The Morgan fingerprint density at radius 1 is 1.04 bits per heavy atom. The molecule has 130 valence electrons. The normalized spacial score (nSPS) is 13.2. The molecule has 0 radical (unpaired) electrons. The van der Waals surface area contributed by atoms with Gasteiger partial charge in [0.2, 0.25) is 11.8 Å². The summed E-state index contributed by atoms with van der Waals surface area (Å²) in [6.45, 7) is 3.07. The predicted octanol–water partition coefficient (Wildman–Crippen LogP) is 2.54. The standard InChI is InChI=1S/C20H22N2O3/c1-15-6-8-18(9-7-15)21-19(23)13-25-14-20(24)22-11-10-16-4-2-3-5-17(16)12-22/h2-9H,10-14H2,1H3,(H,21,23). The largest absolute Gasteiger partial charge is 0.362 e. The van der Waals surface area contributed by atoms with E-state index in [1.54, 1.807) is 4.90 Å². The molecule has 3 rings (SSSR count). The molecule has 1 heterocycles.